The highest BCUT2D eigenvalue weighted by Gasteiger charge is 2.22. The van der Waals surface area contributed by atoms with E-state index in [1.807, 2.05) is 38.1 Å². The first kappa shape index (κ1) is 17.3. The molecule has 1 aliphatic heterocycles. The number of oxime groups is 1. The van der Waals surface area contributed by atoms with Gasteiger partial charge in [0.2, 0.25) is 0 Å². The molecule has 0 aliphatic carbocycles. The lowest BCUT2D eigenvalue weighted by molar-refractivity contribution is 0.0472. The van der Waals surface area contributed by atoms with Gasteiger partial charge in [0.05, 0.1) is 17.0 Å². The largest absolute Gasteiger partial charge is 0.489 e. The quantitative estimate of drug-likeness (QED) is 0.907. The minimum atomic E-state index is -0.0868. The molecule has 1 aromatic heterocycles. The molecule has 2 heterocycles. The second kappa shape index (κ2) is 7.48. The average Bonchev–Trinajstić information content (AvgIpc) is 3.12. The van der Waals surface area contributed by atoms with Crippen molar-refractivity contribution in [3.63, 3.8) is 0 Å². The summed E-state index contributed by atoms with van der Waals surface area (Å²) in [6, 6.07) is 7.84. The van der Waals surface area contributed by atoms with Crippen molar-refractivity contribution in [3.8, 4) is 16.9 Å². The molecule has 2 aromatic rings. The molecule has 1 aliphatic rings. The molecule has 0 saturated heterocycles. The Labute approximate surface area is 141 Å². The van der Waals surface area contributed by atoms with Crippen LogP contribution in [0.1, 0.15) is 17.9 Å². The maximum Gasteiger partial charge on any atom is 0.166 e. The highest BCUT2D eigenvalue weighted by Crippen LogP contribution is 2.34. The van der Waals surface area contributed by atoms with Gasteiger partial charge < -0.3 is 19.8 Å². The number of halogens is 1. The highest BCUT2D eigenvalue weighted by atomic mass is 35.5. The van der Waals surface area contributed by atoms with Crippen molar-refractivity contribution in [2.75, 3.05) is 13.2 Å². The fourth-order valence-electron chi connectivity index (χ4n) is 2.55. The fraction of sp³-hybridized carbons (Fsp3) is 0.375. The van der Waals surface area contributed by atoms with E-state index >= 15 is 0 Å². The molecule has 0 fully saturated rings. The van der Waals surface area contributed by atoms with Crippen LogP contribution in [-0.2, 0) is 4.84 Å². The lowest BCUT2D eigenvalue weighted by Crippen LogP contribution is -2.20. The first-order valence-electron chi connectivity index (χ1n) is 7.25. The SMILES string of the molecule is Cc1noc(C)c1-c1ccccc1OCC1CC(CN)=NO1.Cl. The molecule has 23 heavy (non-hydrogen) atoms. The Morgan fingerprint density at radius 1 is 1.30 bits per heavy atom. The summed E-state index contributed by atoms with van der Waals surface area (Å²) in [4.78, 5) is 5.31. The molecule has 0 radical (unpaired) electrons. The number of aryl methyl sites for hydroxylation is 2. The van der Waals surface area contributed by atoms with Crippen molar-refractivity contribution >= 4 is 18.1 Å². The first-order valence-corrected chi connectivity index (χ1v) is 7.25. The van der Waals surface area contributed by atoms with Crippen LogP contribution in [0.2, 0.25) is 0 Å². The van der Waals surface area contributed by atoms with Crippen LogP contribution in [0.4, 0.5) is 0 Å². The van der Waals surface area contributed by atoms with E-state index in [2.05, 4.69) is 10.3 Å². The monoisotopic (exact) mass is 337 g/mol. The molecule has 3 rings (SSSR count). The van der Waals surface area contributed by atoms with Gasteiger partial charge in [-0.1, -0.05) is 28.5 Å². The van der Waals surface area contributed by atoms with Crippen LogP contribution in [0.25, 0.3) is 11.1 Å². The zero-order valence-corrected chi connectivity index (χ0v) is 13.9. The summed E-state index contributed by atoms with van der Waals surface area (Å²) >= 11 is 0. The van der Waals surface area contributed by atoms with Gasteiger partial charge in [-0.25, -0.2) is 0 Å². The van der Waals surface area contributed by atoms with Gasteiger partial charge in [-0.15, -0.1) is 12.4 Å². The van der Waals surface area contributed by atoms with Gasteiger partial charge in [0, 0.05) is 18.5 Å². The Hall–Kier alpha value is -2.05. The fourth-order valence-corrected chi connectivity index (χ4v) is 2.55. The van der Waals surface area contributed by atoms with Gasteiger partial charge in [0.25, 0.3) is 0 Å². The van der Waals surface area contributed by atoms with Crippen molar-refractivity contribution in [2.24, 2.45) is 10.9 Å². The van der Waals surface area contributed by atoms with Crippen LogP contribution in [0.5, 0.6) is 5.75 Å². The lowest BCUT2D eigenvalue weighted by atomic mass is 10.0. The molecule has 7 heteroatoms. The van der Waals surface area contributed by atoms with Crippen LogP contribution in [0, 0.1) is 13.8 Å². The summed E-state index contributed by atoms with van der Waals surface area (Å²) in [6.07, 6.45) is 0.626. The topological polar surface area (TPSA) is 82.9 Å². The Morgan fingerprint density at radius 2 is 2.09 bits per heavy atom. The number of hydrogen-bond donors (Lipinski definition) is 1. The number of aromatic nitrogens is 1. The van der Waals surface area contributed by atoms with Crippen LogP contribution in [0.3, 0.4) is 0 Å². The van der Waals surface area contributed by atoms with Crippen LogP contribution in [-0.4, -0.2) is 30.1 Å². The standard InChI is InChI=1S/C16H19N3O3.ClH/c1-10-16(11(2)21-18-10)14-5-3-4-6-15(14)20-9-13-7-12(8-17)19-22-13;/h3-6,13H,7-9,17H2,1-2H3;1H. The third kappa shape index (κ3) is 3.65. The van der Waals surface area contributed by atoms with E-state index in [1.54, 1.807) is 0 Å². The van der Waals surface area contributed by atoms with Gasteiger partial charge in [-0.05, 0) is 19.9 Å². The smallest absolute Gasteiger partial charge is 0.166 e. The average molecular weight is 338 g/mol. The van der Waals surface area contributed by atoms with Crippen molar-refractivity contribution < 1.29 is 14.1 Å². The molecule has 1 unspecified atom stereocenters. The number of hydrogen-bond acceptors (Lipinski definition) is 6. The minimum Gasteiger partial charge on any atom is -0.489 e. The molecule has 0 saturated carbocycles. The molecule has 6 nitrogen and oxygen atoms in total. The molecule has 124 valence electrons. The Morgan fingerprint density at radius 3 is 2.74 bits per heavy atom. The summed E-state index contributed by atoms with van der Waals surface area (Å²) in [5.41, 5.74) is 9.21. The van der Waals surface area contributed by atoms with E-state index in [0.717, 1.165) is 34.0 Å². The number of ether oxygens (including phenoxy) is 1. The Balaban J connectivity index is 0.00000192. The number of nitrogens with two attached hydrogens (primary N) is 1. The molecule has 0 bridgehead atoms. The second-order valence-corrected chi connectivity index (χ2v) is 5.30. The zero-order chi connectivity index (χ0) is 15.5. The maximum absolute atomic E-state index is 5.94. The molecular formula is C16H20ClN3O3. The zero-order valence-electron chi connectivity index (χ0n) is 13.1. The summed E-state index contributed by atoms with van der Waals surface area (Å²) in [6.45, 7) is 4.66. The van der Waals surface area contributed by atoms with Crippen LogP contribution in [0.15, 0.2) is 33.9 Å². The van der Waals surface area contributed by atoms with Gasteiger partial charge in [0.1, 0.15) is 18.1 Å². The highest BCUT2D eigenvalue weighted by molar-refractivity contribution is 5.87. The third-order valence-electron chi connectivity index (χ3n) is 3.64. The number of para-hydroxylation sites is 1. The van der Waals surface area contributed by atoms with E-state index in [1.165, 1.54) is 0 Å². The lowest BCUT2D eigenvalue weighted by Gasteiger charge is -2.14. The maximum atomic E-state index is 5.94. The molecule has 1 aromatic carbocycles. The normalized spacial score (nSPS) is 16.5. The Kier molecular flexibility index (Phi) is 5.63. The first-order chi connectivity index (χ1) is 10.7. The number of rotatable bonds is 5. The van der Waals surface area contributed by atoms with Crippen molar-refractivity contribution in [3.05, 3.63) is 35.7 Å². The molecule has 2 N–H and O–H groups in total. The van der Waals surface area contributed by atoms with Crippen molar-refractivity contribution in [2.45, 2.75) is 26.4 Å². The van der Waals surface area contributed by atoms with E-state index < -0.39 is 0 Å². The van der Waals surface area contributed by atoms with Crippen LogP contribution >= 0.6 is 12.4 Å². The van der Waals surface area contributed by atoms with Gasteiger partial charge in [-0.2, -0.15) is 0 Å². The van der Waals surface area contributed by atoms with Gasteiger partial charge >= 0.3 is 0 Å². The summed E-state index contributed by atoms with van der Waals surface area (Å²) in [5.74, 6) is 1.56. The van der Waals surface area contributed by atoms with Crippen molar-refractivity contribution in [1.29, 1.82) is 0 Å². The summed E-state index contributed by atoms with van der Waals surface area (Å²) in [5, 5.41) is 7.94. The predicted molar refractivity (Wildman–Crippen MR) is 90.1 cm³/mol. The van der Waals surface area contributed by atoms with E-state index in [0.29, 0.717) is 19.6 Å². The van der Waals surface area contributed by atoms with Crippen molar-refractivity contribution in [1.82, 2.24) is 5.16 Å². The van der Waals surface area contributed by atoms with E-state index in [4.69, 9.17) is 19.8 Å². The summed E-state index contributed by atoms with van der Waals surface area (Å²) in [7, 11) is 0. The number of nitrogens with zero attached hydrogens (tertiary/aromatic N) is 2. The van der Waals surface area contributed by atoms with Gasteiger partial charge in [-0.3, -0.25) is 0 Å². The molecule has 1 atom stereocenters. The predicted octanol–water partition coefficient (Wildman–Crippen LogP) is 2.86. The third-order valence-corrected chi connectivity index (χ3v) is 3.64. The van der Waals surface area contributed by atoms with Gasteiger partial charge in [0.15, 0.2) is 6.10 Å². The molecule has 0 spiro atoms. The summed E-state index contributed by atoms with van der Waals surface area (Å²) < 4.78 is 11.2. The van der Waals surface area contributed by atoms with Crippen LogP contribution < -0.4 is 10.5 Å². The number of benzene rings is 1. The minimum absolute atomic E-state index is 0. The molecule has 0 amide bonds. The Bertz CT molecular complexity index is 680. The van der Waals surface area contributed by atoms with E-state index in [9.17, 15) is 0 Å². The van der Waals surface area contributed by atoms with E-state index in [-0.39, 0.29) is 18.5 Å². The molecular weight excluding hydrogens is 318 g/mol. The second-order valence-electron chi connectivity index (χ2n) is 5.30.